The standard InChI is InChI=1S/C15H20BrN3O2/c1-10(19-8-2-3-11(9-19)14(17)20)15(21)18-13-6-4-12(16)5-7-13/h4-7,10-11H,2-3,8-9H2,1H3,(H2,17,20)(H,18,21)/t10-,11-/m0/s1. The fourth-order valence-electron chi connectivity index (χ4n) is 2.54. The molecule has 1 aromatic rings. The lowest BCUT2D eigenvalue weighted by atomic mass is 9.96. The van der Waals surface area contributed by atoms with Gasteiger partial charge >= 0.3 is 0 Å². The summed E-state index contributed by atoms with van der Waals surface area (Å²) in [6.45, 7) is 3.24. The van der Waals surface area contributed by atoms with Crippen molar-refractivity contribution in [3.63, 3.8) is 0 Å². The average molecular weight is 354 g/mol. The number of piperidine rings is 1. The molecule has 0 aromatic heterocycles. The van der Waals surface area contributed by atoms with E-state index in [2.05, 4.69) is 21.2 Å². The fourth-order valence-corrected chi connectivity index (χ4v) is 2.80. The van der Waals surface area contributed by atoms with E-state index in [-0.39, 0.29) is 23.8 Å². The molecule has 2 atom stereocenters. The summed E-state index contributed by atoms with van der Waals surface area (Å²) >= 11 is 3.36. The van der Waals surface area contributed by atoms with E-state index in [1.54, 1.807) is 0 Å². The molecular weight excluding hydrogens is 334 g/mol. The molecule has 21 heavy (non-hydrogen) atoms. The molecule has 6 heteroatoms. The molecular formula is C15H20BrN3O2. The molecule has 5 nitrogen and oxygen atoms in total. The summed E-state index contributed by atoms with van der Waals surface area (Å²) < 4.78 is 0.967. The first-order valence-corrected chi connectivity index (χ1v) is 7.86. The highest BCUT2D eigenvalue weighted by molar-refractivity contribution is 9.10. The van der Waals surface area contributed by atoms with Crippen LogP contribution >= 0.6 is 15.9 Å². The van der Waals surface area contributed by atoms with E-state index in [1.807, 2.05) is 36.1 Å². The molecule has 1 saturated heterocycles. The highest BCUT2D eigenvalue weighted by Crippen LogP contribution is 2.19. The molecule has 0 saturated carbocycles. The van der Waals surface area contributed by atoms with Crippen LogP contribution in [0.1, 0.15) is 19.8 Å². The first-order chi connectivity index (χ1) is 9.97. The maximum Gasteiger partial charge on any atom is 0.241 e. The molecule has 0 radical (unpaired) electrons. The van der Waals surface area contributed by atoms with E-state index in [0.29, 0.717) is 6.54 Å². The lowest BCUT2D eigenvalue weighted by Gasteiger charge is -2.34. The van der Waals surface area contributed by atoms with Crippen LogP contribution in [0.15, 0.2) is 28.7 Å². The van der Waals surface area contributed by atoms with Crippen molar-refractivity contribution in [3.8, 4) is 0 Å². The molecule has 0 bridgehead atoms. The summed E-state index contributed by atoms with van der Waals surface area (Å²) in [5, 5.41) is 2.89. The minimum atomic E-state index is -0.282. The summed E-state index contributed by atoms with van der Waals surface area (Å²) in [4.78, 5) is 25.6. The molecule has 0 spiro atoms. The number of amides is 2. The van der Waals surface area contributed by atoms with Crippen molar-refractivity contribution in [2.45, 2.75) is 25.8 Å². The number of carbonyl (C=O) groups excluding carboxylic acids is 2. The summed E-state index contributed by atoms with van der Waals surface area (Å²) in [6.07, 6.45) is 1.70. The van der Waals surface area contributed by atoms with E-state index >= 15 is 0 Å². The minimum absolute atomic E-state index is 0.0672. The van der Waals surface area contributed by atoms with Crippen LogP contribution in [-0.2, 0) is 9.59 Å². The Morgan fingerprint density at radius 2 is 2.05 bits per heavy atom. The van der Waals surface area contributed by atoms with Gasteiger partial charge in [-0.3, -0.25) is 14.5 Å². The third-order valence-corrected chi connectivity index (χ3v) is 4.42. The van der Waals surface area contributed by atoms with Crippen molar-refractivity contribution in [3.05, 3.63) is 28.7 Å². The topological polar surface area (TPSA) is 75.4 Å². The first-order valence-electron chi connectivity index (χ1n) is 7.07. The molecule has 1 aliphatic rings. The Morgan fingerprint density at radius 1 is 1.38 bits per heavy atom. The summed E-state index contributed by atoms with van der Waals surface area (Å²) in [5.74, 6) is -0.496. The van der Waals surface area contributed by atoms with Crippen molar-refractivity contribution in [2.24, 2.45) is 11.7 Å². The number of hydrogen-bond donors (Lipinski definition) is 2. The van der Waals surface area contributed by atoms with Gasteiger partial charge in [-0.15, -0.1) is 0 Å². The van der Waals surface area contributed by atoms with E-state index in [0.717, 1.165) is 29.5 Å². The number of nitrogens with two attached hydrogens (primary N) is 1. The molecule has 1 aromatic carbocycles. The Balaban J connectivity index is 1.95. The SMILES string of the molecule is C[C@@H](C(=O)Nc1ccc(Br)cc1)N1CCC[C@H](C(N)=O)C1. The van der Waals surface area contributed by atoms with Gasteiger partial charge in [-0.25, -0.2) is 0 Å². The van der Waals surface area contributed by atoms with Gasteiger partial charge in [-0.1, -0.05) is 15.9 Å². The van der Waals surface area contributed by atoms with Gasteiger partial charge in [-0.2, -0.15) is 0 Å². The first kappa shape index (κ1) is 16.0. The fraction of sp³-hybridized carbons (Fsp3) is 0.467. The maximum absolute atomic E-state index is 12.3. The quantitative estimate of drug-likeness (QED) is 0.868. The second-order valence-corrected chi connectivity index (χ2v) is 6.32. The van der Waals surface area contributed by atoms with Crippen LogP contribution in [0.5, 0.6) is 0 Å². The summed E-state index contributed by atoms with van der Waals surface area (Å²) in [6, 6.07) is 7.17. The van der Waals surface area contributed by atoms with Crippen molar-refractivity contribution in [1.82, 2.24) is 4.90 Å². The third-order valence-electron chi connectivity index (χ3n) is 3.89. The number of nitrogens with one attached hydrogen (secondary N) is 1. The van der Waals surface area contributed by atoms with Crippen LogP contribution in [0.25, 0.3) is 0 Å². The monoisotopic (exact) mass is 353 g/mol. The molecule has 1 fully saturated rings. The van der Waals surface area contributed by atoms with Crippen LogP contribution in [0.4, 0.5) is 5.69 Å². The number of nitrogens with zero attached hydrogens (tertiary/aromatic N) is 1. The van der Waals surface area contributed by atoms with E-state index in [9.17, 15) is 9.59 Å². The number of halogens is 1. The van der Waals surface area contributed by atoms with Gasteiger partial charge in [0.2, 0.25) is 11.8 Å². The second kappa shape index (κ2) is 7.04. The zero-order valence-electron chi connectivity index (χ0n) is 12.0. The lowest BCUT2D eigenvalue weighted by Crippen LogP contribution is -2.49. The number of rotatable bonds is 4. The Bertz CT molecular complexity index is 518. The number of benzene rings is 1. The molecule has 3 N–H and O–H groups in total. The predicted molar refractivity (Wildman–Crippen MR) is 85.7 cm³/mol. The van der Waals surface area contributed by atoms with Crippen molar-refractivity contribution in [2.75, 3.05) is 18.4 Å². The molecule has 2 amide bonds. The normalized spacial score (nSPS) is 20.8. The third kappa shape index (κ3) is 4.28. The number of hydrogen-bond acceptors (Lipinski definition) is 3. The molecule has 114 valence electrons. The van der Waals surface area contributed by atoms with Gasteiger partial charge in [0.1, 0.15) is 0 Å². The van der Waals surface area contributed by atoms with Gasteiger partial charge in [0.25, 0.3) is 0 Å². The number of carbonyl (C=O) groups is 2. The largest absolute Gasteiger partial charge is 0.369 e. The highest BCUT2D eigenvalue weighted by Gasteiger charge is 2.29. The van der Waals surface area contributed by atoms with Gasteiger partial charge in [-0.05, 0) is 50.6 Å². The van der Waals surface area contributed by atoms with Crippen LogP contribution in [-0.4, -0.2) is 35.8 Å². The summed E-state index contributed by atoms with van der Waals surface area (Å²) in [5.41, 5.74) is 6.14. The smallest absolute Gasteiger partial charge is 0.241 e. The van der Waals surface area contributed by atoms with E-state index in [4.69, 9.17) is 5.73 Å². The van der Waals surface area contributed by atoms with E-state index < -0.39 is 0 Å². The Morgan fingerprint density at radius 3 is 2.67 bits per heavy atom. The molecule has 1 aliphatic heterocycles. The van der Waals surface area contributed by atoms with Crippen LogP contribution < -0.4 is 11.1 Å². The predicted octanol–water partition coefficient (Wildman–Crippen LogP) is 1.97. The molecule has 1 heterocycles. The van der Waals surface area contributed by atoms with E-state index in [1.165, 1.54) is 0 Å². The Labute approximate surface area is 133 Å². The van der Waals surface area contributed by atoms with Crippen molar-refractivity contribution < 1.29 is 9.59 Å². The maximum atomic E-state index is 12.3. The lowest BCUT2D eigenvalue weighted by molar-refractivity contribution is -0.127. The average Bonchev–Trinajstić information content (AvgIpc) is 2.49. The van der Waals surface area contributed by atoms with Crippen LogP contribution in [0, 0.1) is 5.92 Å². The molecule has 2 rings (SSSR count). The summed E-state index contributed by atoms with van der Waals surface area (Å²) in [7, 11) is 0. The number of primary amides is 1. The van der Waals surface area contributed by atoms with Gasteiger partial charge < -0.3 is 11.1 Å². The second-order valence-electron chi connectivity index (χ2n) is 5.41. The van der Waals surface area contributed by atoms with Gasteiger partial charge in [0.05, 0.1) is 12.0 Å². The van der Waals surface area contributed by atoms with Gasteiger partial charge in [0, 0.05) is 16.7 Å². The van der Waals surface area contributed by atoms with Gasteiger partial charge in [0.15, 0.2) is 0 Å². The number of anilines is 1. The minimum Gasteiger partial charge on any atom is -0.369 e. The number of likely N-dealkylation sites (tertiary alicyclic amines) is 1. The van der Waals surface area contributed by atoms with Crippen molar-refractivity contribution in [1.29, 1.82) is 0 Å². The zero-order chi connectivity index (χ0) is 15.4. The highest BCUT2D eigenvalue weighted by atomic mass is 79.9. The Hall–Kier alpha value is -1.40. The van der Waals surface area contributed by atoms with Crippen LogP contribution in [0.3, 0.4) is 0 Å². The Kier molecular flexibility index (Phi) is 5.36. The van der Waals surface area contributed by atoms with Crippen LogP contribution in [0.2, 0.25) is 0 Å². The van der Waals surface area contributed by atoms with Crippen molar-refractivity contribution >= 4 is 33.4 Å². The molecule has 0 unspecified atom stereocenters. The molecule has 0 aliphatic carbocycles. The zero-order valence-corrected chi connectivity index (χ0v) is 13.6.